The average molecular weight is 380 g/mol. The lowest BCUT2D eigenvalue weighted by atomic mass is 10.2. The van der Waals surface area contributed by atoms with Crippen molar-refractivity contribution in [1.82, 2.24) is 10.6 Å². The van der Waals surface area contributed by atoms with Crippen molar-refractivity contribution in [3.05, 3.63) is 46.6 Å². The first kappa shape index (κ1) is 17.6. The van der Waals surface area contributed by atoms with Crippen LogP contribution in [0.5, 0.6) is 0 Å². The molecule has 2 N–H and O–H groups in total. The standard InChI is InChI=1S/C17H22BrN3O2/c1-19-17(20-10-3-11-22-2)21-12-15-8-9-16(23-15)13-4-6-14(18)7-5-13/h4-9H,3,10-12H2,1-2H3,(H2,19,20,21). The van der Waals surface area contributed by atoms with Gasteiger partial charge in [0, 0.05) is 37.3 Å². The van der Waals surface area contributed by atoms with E-state index in [2.05, 4.69) is 31.6 Å². The summed E-state index contributed by atoms with van der Waals surface area (Å²) < 4.78 is 11.9. The molecule has 1 aromatic carbocycles. The number of aliphatic imine (C=N–C) groups is 1. The van der Waals surface area contributed by atoms with Gasteiger partial charge in [-0.25, -0.2) is 0 Å². The first-order valence-corrected chi connectivity index (χ1v) is 8.30. The maximum atomic E-state index is 5.87. The highest BCUT2D eigenvalue weighted by Crippen LogP contribution is 2.23. The van der Waals surface area contributed by atoms with Crippen LogP contribution in [0.3, 0.4) is 0 Å². The number of hydrogen-bond donors (Lipinski definition) is 2. The Labute approximate surface area is 145 Å². The van der Waals surface area contributed by atoms with E-state index in [0.29, 0.717) is 6.54 Å². The molecule has 5 nitrogen and oxygen atoms in total. The topological polar surface area (TPSA) is 58.8 Å². The Bertz CT molecular complexity index is 623. The molecule has 0 unspecified atom stereocenters. The Kier molecular flexibility index (Phi) is 7.16. The van der Waals surface area contributed by atoms with Gasteiger partial charge in [0.2, 0.25) is 0 Å². The Balaban J connectivity index is 1.85. The SMILES string of the molecule is CN=C(NCCCOC)NCc1ccc(-c2ccc(Br)cc2)o1. The minimum atomic E-state index is 0.584. The number of rotatable bonds is 7. The molecule has 0 spiro atoms. The zero-order chi connectivity index (χ0) is 16.5. The van der Waals surface area contributed by atoms with Crippen LogP contribution in [0.4, 0.5) is 0 Å². The van der Waals surface area contributed by atoms with Crippen LogP contribution in [0.2, 0.25) is 0 Å². The number of guanidine groups is 1. The molecule has 0 atom stereocenters. The zero-order valence-corrected chi connectivity index (χ0v) is 15.0. The second-order valence-corrected chi connectivity index (χ2v) is 5.89. The summed E-state index contributed by atoms with van der Waals surface area (Å²) in [6, 6.07) is 12.0. The minimum absolute atomic E-state index is 0.584. The molecule has 23 heavy (non-hydrogen) atoms. The summed E-state index contributed by atoms with van der Waals surface area (Å²) in [6.45, 7) is 2.13. The number of halogens is 1. The second-order valence-electron chi connectivity index (χ2n) is 4.97. The van der Waals surface area contributed by atoms with Gasteiger partial charge in [-0.3, -0.25) is 4.99 Å². The summed E-state index contributed by atoms with van der Waals surface area (Å²) in [5, 5.41) is 6.46. The summed E-state index contributed by atoms with van der Waals surface area (Å²) in [6.07, 6.45) is 0.936. The highest BCUT2D eigenvalue weighted by Gasteiger charge is 2.05. The average Bonchev–Trinajstić information content (AvgIpc) is 3.04. The van der Waals surface area contributed by atoms with Crippen LogP contribution in [0.15, 0.2) is 50.3 Å². The largest absolute Gasteiger partial charge is 0.459 e. The molecule has 0 bridgehead atoms. The monoisotopic (exact) mass is 379 g/mol. The van der Waals surface area contributed by atoms with Crippen LogP contribution >= 0.6 is 15.9 Å². The predicted octanol–water partition coefficient (Wildman–Crippen LogP) is 3.41. The van der Waals surface area contributed by atoms with Gasteiger partial charge >= 0.3 is 0 Å². The molecule has 6 heteroatoms. The Morgan fingerprint density at radius 3 is 2.65 bits per heavy atom. The van der Waals surface area contributed by atoms with Crippen molar-refractivity contribution in [2.75, 3.05) is 27.3 Å². The van der Waals surface area contributed by atoms with Crippen LogP contribution in [0.1, 0.15) is 12.2 Å². The van der Waals surface area contributed by atoms with Crippen LogP contribution in [-0.4, -0.2) is 33.3 Å². The van der Waals surface area contributed by atoms with Crippen LogP contribution in [-0.2, 0) is 11.3 Å². The molecule has 0 aliphatic heterocycles. The molecular weight excluding hydrogens is 358 g/mol. The summed E-state index contributed by atoms with van der Waals surface area (Å²) in [4.78, 5) is 4.18. The lowest BCUT2D eigenvalue weighted by Crippen LogP contribution is -2.37. The van der Waals surface area contributed by atoms with Crippen LogP contribution < -0.4 is 10.6 Å². The smallest absolute Gasteiger partial charge is 0.191 e. The first-order valence-electron chi connectivity index (χ1n) is 7.51. The molecule has 0 saturated carbocycles. The molecule has 0 radical (unpaired) electrons. The molecule has 124 valence electrons. The molecule has 0 fully saturated rings. The highest BCUT2D eigenvalue weighted by atomic mass is 79.9. The number of furan rings is 1. The number of ether oxygens (including phenoxy) is 1. The van der Waals surface area contributed by atoms with E-state index in [1.54, 1.807) is 14.2 Å². The fraction of sp³-hybridized carbons (Fsp3) is 0.353. The Morgan fingerprint density at radius 2 is 1.96 bits per heavy atom. The summed E-state index contributed by atoms with van der Waals surface area (Å²) >= 11 is 3.43. The molecule has 0 saturated heterocycles. The van der Waals surface area contributed by atoms with Crippen molar-refractivity contribution in [3.63, 3.8) is 0 Å². The normalized spacial score (nSPS) is 11.5. The van der Waals surface area contributed by atoms with Crippen LogP contribution in [0.25, 0.3) is 11.3 Å². The summed E-state index contributed by atoms with van der Waals surface area (Å²) in [5.41, 5.74) is 1.06. The molecule has 2 rings (SSSR count). The molecule has 0 aliphatic rings. The van der Waals surface area contributed by atoms with E-state index >= 15 is 0 Å². The number of nitrogens with zero attached hydrogens (tertiary/aromatic N) is 1. The van der Waals surface area contributed by atoms with Gasteiger partial charge in [0.05, 0.1) is 6.54 Å². The van der Waals surface area contributed by atoms with Gasteiger partial charge < -0.3 is 19.8 Å². The van der Waals surface area contributed by atoms with E-state index in [-0.39, 0.29) is 0 Å². The maximum Gasteiger partial charge on any atom is 0.191 e. The maximum absolute atomic E-state index is 5.87. The summed E-state index contributed by atoms with van der Waals surface area (Å²) in [5.74, 6) is 2.47. The lowest BCUT2D eigenvalue weighted by molar-refractivity contribution is 0.195. The third-order valence-electron chi connectivity index (χ3n) is 3.26. The van der Waals surface area contributed by atoms with Gasteiger partial charge in [-0.1, -0.05) is 28.1 Å². The van der Waals surface area contributed by atoms with E-state index < -0.39 is 0 Å². The Morgan fingerprint density at radius 1 is 1.17 bits per heavy atom. The van der Waals surface area contributed by atoms with Crippen molar-refractivity contribution in [3.8, 4) is 11.3 Å². The van der Waals surface area contributed by atoms with Crippen molar-refractivity contribution >= 4 is 21.9 Å². The number of benzene rings is 1. The number of nitrogens with one attached hydrogen (secondary N) is 2. The molecule has 0 amide bonds. The lowest BCUT2D eigenvalue weighted by Gasteiger charge is -2.10. The third kappa shape index (κ3) is 5.73. The quantitative estimate of drug-likeness (QED) is 0.439. The van der Waals surface area contributed by atoms with E-state index in [0.717, 1.165) is 47.1 Å². The van der Waals surface area contributed by atoms with E-state index in [9.17, 15) is 0 Å². The van der Waals surface area contributed by atoms with Gasteiger partial charge in [-0.15, -0.1) is 0 Å². The van der Waals surface area contributed by atoms with Crippen molar-refractivity contribution in [2.45, 2.75) is 13.0 Å². The third-order valence-corrected chi connectivity index (χ3v) is 3.79. The Hall–Kier alpha value is -1.79. The summed E-state index contributed by atoms with van der Waals surface area (Å²) in [7, 11) is 3.45. The van der Waals surface area contributed by atoms with Gasteiger partial charge in [-0.05, 0) is 30.7 Å². The van der Waals surface area contributed by atoms with Crippen molar-refractivity contribution in [1.29, 1.82) is 0 Å². The van der Waals surface area contributed by atoms with Crippen molar-refractivity contribution in [2.24, 2.45) is 4.99 Å². The molecule has 2 aromatic rings. The van der Waals surface area contributed by atoms with Gasteiger partial charge in [0.25, 0.3) is 0 Å². The number of methoxy groups -OCH3 is 1. The molecular formula is C17H22BrN3O2. The van der Waals surface area contributed by atoms with E-state index in [1.807, 2.05) is 36.4 Å². The highest BCUT2D eigenvalue weighted by molar-refractivity contribution is 9.10. The fourth-order valence-corrected chi connectivity index (χ4v) is 2.32. The fourth-order valence-electron chi connectivity index (χ4n) is 2.06. The molecule has 1 aromatic heterocycles. The van der Waals surface area contributed by atoms with Gasteiger partial charge in [0.15, 0.2) is 5.96 Å². The van der Waals surface area contributed by atoms with Gasteiger partial charge in [-0.2, -0.15) is 0 Å². The van der Waals surface area contributed by atoms with E-state index in [1.165, 1.54) is 0 Å². The predicted molar refractivity (Wildman–Crippen MR) is 96.5 cm³/mol. The molecule has 1 heterocycles. The van der Waals surface area contributed by atoms with Crippen LogP contribution in [0, 0.1) is 0 Å². The zero-order valence-electron chi connectivity index (χ0n) is 13.4. The van der Waals surface area contributed by atoms with Gasteiger partial charge in [0.1, 0.15) is 11.5 Å². The molecule has 0 aliphatic carbocycles. The second kappa shape index (κ2) is 9.37. The minimum Gasteiger partial charge on any atom is -0.459 e. The van der Waals surface area contributed by atoms with Crippen molar-refractivity contribution < 1.29 is 9.15 Å². The first-order chi connectivity index (χ1) is 11.2. The number of hydrogen-bond acceptors (Lipinski definition) is 3. The van der Waals surface area contributed by atoms with E-state index in [4.69, 9.17) is 9.15 Å².